The summed E-state index contributed by atoms with van der Waals surface area (Å²) in [5, 5.41) is 24.6. The maximum atomic E-state index is 11.0. The number of hydrogen-bond donors (Lipinski definition) is 1. The lowest BCUT2D eigenvalue weighted by Gasteiger charge is -2.09. The molecule has 0 bridgehead atoms. The lowest BCUT2D eigenvalue weighted by Crippen LogP contribution is -2.15. The fourth-order valence-electron chi connectivity index (χ4n) is 2.20. The number of nitrogens with one attached hydrogen (secondary N) is 1. The molecule has 0 radical (unpaired) electrons. The van der Waals surface area contributed by atoms with E-state index in [9.17, 15) is 20.2 Å². The van der Waals surface area contributed by atoms with Crippen molar-refractivity contribution in [3.8, 4) is 0 Å². The third kappa shape index (κ3) is 11.3. The van der Waals surface area contributed by atoms with Crippen molar-refractivity contribution in [3.63, 3.8) is 0 Å². The maximum Gasteiger partial charge on any atom is 0.299 e. The third-order valence-electron chi connectivity index (χ3n) is 3.71. The molecule has 0 unspecified atom stereocenters. The highest BCUT2D eigenvalue weighted by Crippen LogP contribution is 2.28. The van der Waals surface area contributed by atoms with Gasteiger partial charge in [-0.25, -0.2) is 0 Å². The van der Waals surface area contributed by atoms with Gasteiger partial charge in [-0.05, 0) is 12.5 Å². The quantitative estimate of drug-likeness (QED) is 0.218. The normalized spacial score (nSPS) is 10.8. The van der Waals surface area contributed by atoms with Crippen molar-refractivity contribution in [2.24, 2.45) is 0 Å². The van der Waals surface area contributed by atoms with Crippen LogP contribution < -0.4 is 5.32 Å². The van der Waals surface area contributed by atoms with Crippen LogP contribution in [0.5, 0.6) is 0 Å². The minimum Gasteiger partial charge on any atom is -0.379 e. The van der Waals surface area contributed by atoms with Gasteiger partial charge >= 0.3 is 0 Å². The summed E-state index contributed by atoms with van der Waals surface area (Å²) in [7, 11) is 0. The molecule has 1 N–H and O–H groups in total. The molecular weight excluding hydrogens is 386 g/mol. The largest absolute Gasteiger partial charge is 0.379 e. The highest BCUT2D eigenvalue weighted by atomic mass is 16.6. The first-order valence-corrected chi connectivity index (χ1v) is 9.54. The van der Waals surface area contributed by atoms with E-state index in [1.54, 1.807) is 0 Å². The summed E-state index contributed by atoms with van der Waals surface area (Å²) in [5.41, 5.74) is -0.474. The molecule has 164 valence electrons. The summed E-state index contributed by atoms with van der Waals surface area (Å²) < 4.78 is 21.5. The Morgan fingerprint density at radius 3 is 1.90 bits per heavy atom. The smallest absolute Gasteiger partial charge is 0.299 e. The number of rotatable bonds is 18. The van der Waals surface area contributed by atoms with E-state index in [0.717, 1.165) is 25.5 Å². The number of nitro groups is 2. The van der Waals surface area contributed by atoms with Crippen molar-refractivity contribution in [2.75, 3.05) is 64.7 Å². The summed E-state index contributed by atoms with van der Waals surface area (Å²) in [4.78, 5) is 20.4. The summed E-state index contributed by atoms with van der Waals surface area (Å²) >= 11 is 0. The molecule has 0 spiro atoms. The van der Waals surface area contributed by atoms with Crippen molar-refractivity contribution in [3.05, 3.63) is 38.4 Å². The molecule has 29 heavy (non-hydrogen) atoms. The van der Waals surface area contributed by atoms with Gasteiger partial charge in [0.05, 0.1) is 62.2 Å². The predicted molar refractivity (Wildman–Crippen MR) is 106 cm³/mol. The van der Waals surface area contributed by atoms with E-state index < -0.39 is 9.85 Å². The second-order valence-corrected chi connectivity index (χ2v) is 5.95. The van der Waals surface area contributed by atoms with Crippen molar-refractivity contribution >= 4 is 17.1 Å². The molecule has 1 aromatic rings. The number of benzene rings is 1. The van der Waals surface area contributed by atoms with Gasteiger partial charge in [-0.3, -0.25) is 20.2 Å². The Morgan fingerprint density at radius 1 is 0.828 bits per heavy atom. The summed E-state index contributed by atoms with van der Waals surface area (Å²) in [6.45, 7) is 6.38. The molecule has 0 saturated heterocycles. The SMILES string of the molecule is CCCCOCCOCCOCCOCCNc1ccc([N+](=O)[O-])cc1[N+](=O)[O-]. The van der Waals surface area contributed by atoms with Crippen molar-refractivity contribution < 1.29 is 28.8 Å². The van der Waals surface area contributed by atoms with Gasteiger partial charge < -0.3 is 24.3 Å². The number of anilines is 1. The molecule has 0 amide bonds. The Balaban J connectivity index is 2.03. The van der Waals surface area contributed by atoms with E-state index in [-0.39, 0.29) is 17.1 Å². The Bertz CT molecular complexity index is 615. The van der Waals surface area contributed by atoms with E-state index in [2.05, 4.69) is 12.2 Å². The topological polar surface area (TPSA) is 135 Å². The summed E-state index contributed by atoms with van der Waals surface area (Å²) in [6, 6.07) is 3.45. The van der Waals surface area contributed by atoms with E-state index in [4.69, 9.17) is 18.9 Å². The molecule has 0 saturated carbocycles. The highest BCUT2D eigenvalue weighted by molar-refractivity contribution is 5.65. The standard InChI is InChI=1S/C18H29N3O8/c1-2-3-7-26-9-11-28-13-14-29-12-10-27-8-6-19-17-5-4-16(20(22)23)15-18(17)21(24)25/h4-5,15,19H,2-3,6-14H2,1H3. The summed E-state index contributed by atoms with van der Waals surface area (Å²) in [6.07, 6.45) is 2.17. The number of non-ortho nitro benzene ring substituents is 1. The minimum atomic E-state index is -0.674. The number of hydrogen-bond acceptors (Lipinski definition) is 9. The molecule has 1 aromatic carbocycles. The Morgan fingerprint density at radius 2 is 1.38 bits per heavy atom. The minimum absolute atomic E-state index is 0.205. The van der Waals surface area contributed by atoms with Gasteiger partial charge in [-0.1, -0.05) is 13.3 Å². The number of ether oxygens (including phenoxy) is 4. The summed E-state index contributed by atoms with van der Waals surface area (Å²) in [5.74, 6) is 0. The zero-order chi connectivity index (χ0) is 21.3. The van der Waals surface area contributed by atoms with Crippen LogP contribution in [0.25, 0.3) is 0 Å². The van der Waals surface area contributed by atoms with Crippen LogP contribution in [0.3, 0.4) is 0 Å². The number of nitro benzene ring substituents is 2. The molecule has 0 aliphatic rings. The van der Waals surface area contributed by atoms with Crippen molar-refractivity contribution in [2.45, 2.75) is 19.8 Å². The molecule has 0 atom stereocenters. The van der Waals surface area contributed by atoms with Crippen LogP contribution >= 0.6 is 0 Å². The first-order valence-electron chi connectivity index (χ1n) is 9.54. The van der Waals surface area contributed by atoms with Crippen LogP contribution in [0.4, 0.5) is 17.1 Å². The zero-order valence-corrected chi connectivity index (χ0v) is 16.7. The van der Waals surface area contributed by atoms with Crippen LogP contribution in [0.15, 0.2) is 18.2 Å². The molecule has 1 rings (SSSR count). The predicted octanol–water partition coefficient (Wildman–Crippen LogP) is 2.78. The lowest BCUT2D eigenvalue weighted by atomic mass is 10.2. The maximum absolute atomic E-state index is 11.0. The Hall–Kier alpha value is -2.34. The lowest BCUT2D eigenvalue weighted by molar-refractivity contribution is -0.393. The van der Waals surface area contributed by atoms with E-state index in [0.29, 0.717) is 52.8 Å². The van der Waals surface area contributed by atoms with Crippen LogP contribution in [-0.2, 0) is 18.9 Å². The van der Waals surface area contributed by atoms with Crippen LogP contribution in [0, 0.1) is 20.2 Å². The third-order valence-corrected chi connectivity index (χ3v) is 3.71. The molecule has 0 heterocycles. The molecule has 0 aliphatic carbocycles. The molecule has 0 aliphatic heterocycles. The van der Waals surface area contributed by atoms with Crippen molar-refractivity contribution in [1.29, 1.82) is 0 Å². The zero-order valence-electron chi connectivity index (χ0n) is 16.7. The van der Waals surface area contributed by atoms with Gasteiger partial charge in [0.25, 0.3) is 11.4 Å². The number of nitrogens with zero attached hydrogens (tertiary/aromatic N) is 2. The fraction of sp³-hybridized carbons (Fsp3) is 0.667. The van der Waals surface area contributed by atoms with Gasteiger partial charge in [0.2, 0.25) is 0 Å². The van der Waals surface area contributed by atoms with E-state index in [1.807, 2.05) is 0 Å². The second kappa shape index (κ2) is 15.6. The molecule has 11 nitrogen and oxygen atoms in total. The first kappa shape index (κ1) is 24.7. The fourth-order valence-corrected chi connectivity index (χ4v) is 2.20. The molecule has 0 aromatic heterocycles. The van der Waals surface area contributed by atoms with Crippen LogP contribution in [0.2, 0.25) is 0 Å². The molecule has 11 heteroatoms. The van der Waals surface area contributed by atoms with Gasteiger partial charge in [0.15, 0.2) is 0 Å². The average Bonchev–Trinajstić information content (AvgIpc) is 2.70. The van der Waals surface area contributed by atoms with Crippen LogP contribution in [0.1, 0.15) is 19.8 Å². The van der Waals surface area contributed by atoms with E-state index in [1.165, 1.54) is 12.1 Å². The average molecular weight is 415 g/mol. The highest BCUT2D eigenvalue weighted by Gasteiger charge is 2.18. The van der Waals surface area contributed by atoms with Gasteiger partial charge in [-0.15, -0.1) is 0 Å². The van der Waals surface area contributed by atoms with Gasteiger partial charge in [-0.2, -0.15) is 0 Å². The molecular formula is C18H29N3O8. The monoisotopic (exact) mass is 415 g/mol. The molecule has 0 fully saturated rings. The Kier molecular flexibility index (Phi) is 13.3. The Labute approximate surface area is 169 Å². The second-order valence-electron chi connectivity index (χ2n) is 5.95. The number of unbranched alkanes of at least 4 members (excludes halogenated alkanes) is 1. The first-order chi connectivity index (χ1) is 14.1. The van der Waals surface area contributed by atoms with Gasteiger partial charge in [0, 0.05) is 19.2 Å². The van der Waals surface area contributed by atoms with Gasteiger partial charge in [0.1, 0.15) is 5.69 Å². The van der Waals surface area contributed by atoms with Crippen molar-refractivity contribution in [1.82, 2.24) is 0 Å². The van der Waals surface area contributed by atoms with E-state index >= 15 is 0 Å². The van der Waals surface area contributed by atoms with Crippen LogP contribution in [-0.4, -0.2) is 69.2 Å².